The fourth-order valence-corrected chi connectivity index (χ4v) is 2.05. The van der Waals surface area contributed by atoms with E-state index in [1.165, 1.54) is 24.3 Å². The predicted molar refractivity (Wildman–Crippen MR) is 113 cm³/mol. The van der Waals surface area contributed by atoms with Gasteiger partial charge in [-0.25, -0.2) is 9.37 Å². The van der Waals surface area contributed by atoms with Crippen molar-refractivity contribution in [1.29, 1.82) is 0 Å². The lowest BCUT2D eigenvalue weighted by Crippen LogP contribution is -2.47. The third-order valence-electron chi connectivity index (χ3n) is 3.77. The van der Waals surface area contributed by atoms with Crippen LogP contribution < -0.4 is 21.1 Å². The molecule has 2 rings (SSSR count). The molecular weight excluding hydrogens is 422 g/mol. The molecule has 10 heteroatoms. The van der Waals surface area contributed by atoms with Crippen molar-refractivity contribution in [2.75, 3.05) is 6.54 Å². The van der Waals surface area contributed by atoms with Crippen molar-refractivity contribution in [2.45, 2.75) is 26.4 Å². The summed E-state index contributed by atoms with van der Waals surface area (Å²) in [7, 11) is 0. The van der Waals surface area contributed by atoms with Gasteiger partial charge < -0.3 is 21.1 Å². The van der Waals surface area contributed by atoms with Crippen molar-refractivity contribution in [3.63, 3.8) is 0 Å². The normalized spacial score (nSPS) is 10.9. The fourth-order valence-electron chi connectivity index (χ4n) is 2.05. The van der Waals surface area contributed by atoms with Crippen molar-refractivity contribution < 1.29 is 18.7 Å². The SMILES string of the molecule is CC(C)[C@H](N)C(=O)NCC(=O)NCc1ccc(Oc2ccc(F)cc2)nc1.Cl.Cl. The number of ether oxygens (including phenoxy) is 1. The maximum atomic E-state index is 12.9. The number of nitrogens with one attached hydrogen (secondary N) is 2. The molecule has 0 spiro atoms. The lowest BCUT2D eigenvalue weighted by Gasteiger charge is -2.15. The third kappa shape index (κ3) is 9.08. The van der Waals surface area contributed by atoms with Gasteiger partial charge >= 0.3 is 0 Å². The Balaban J connectivity index is 0.00000392. The summed E-state index contributed by atoms with van der Waals surface area (Å²) >= 11 is 0. The van der Waals surface area contributed by atoms with Crippen LogP contribution in [0.2, 0.25) is 0 Å². The van der Waals surface area contributed by atoms with E-state index in [0.717, 1.165) is 5.56 Å². The Kier molecular flexibility index (Phi) is 11.8. The number of amides is 2. The first-order valence-corrected chi connectivity index (χ1v) is 8.53. The van der Waals surface area contributed by atoms with E-state index in [1.54, 1.807) is 18.3 Å². The molecule has 2 aromatic rings. The fraction of sp³-hybridized carbons (Fsp3) is 0.316. The number of nitrogens with zero attached hydrogens (tertiary/aromatic N) is 1. The van der Waals surface area contributed by atoms with Gasteiger partial charge in [-0.05, 0) is 35.7 Å². The smallest absolute Gasteiger partial charge is 0.239 e. The first kappa shape index (κ1) is 26.6. The number of pyridine rings is 1. The van der Waals surface area contributed by atoms with Crippen molar-refractivity contribution in [3.8, 4) is 11.6 Å². The van der Waals surface area contributed by atoms with E-state index in [9.17, 15) is 14.0 Å². The number of hydrogen-bond donors (Lipinski definition) is 3. The van der Waals surface area contributed by atoms with Gasteiger partial charge in [-0.1, -0.05) is 19.9 Å². The molecule has 0 unspecified atom stereocenters. The number of benzene rings is 1. The average Bonchev–Trinajstić information content (AvgIpc) is 2.66. The molecule has 0 fully saturated rings. The zero-order valence-corrected chi connectivity index (χ0v) is 17.7. The number of aromatic nitrogens is 1. The molecule has 29 heavy (non-hydrogen) atoms. The molecule has 1 aromatic carbocycles. The van der Waals surface area contributed by atoms with Crippen LogP contribution in [0, 0.1) is 11.7 Å². The van der Waals surface area contributed by atoms with E-state index in [2.05, 4.69) is 15.6 Å². The van der Waals surface area contributed by atoms with Gasteiger partial charge in [0.15, 0.2) is 0 Å². The molecule has 0 bridgehead atoms. The van der Waals surface area contributed by atoms with Crippen LogP contribution in [0.25, 0.3) is 0 Å². The van der Waals surface area contributed by atoms with E-state index in [0.29, 0.717) is 11.6 Å². The molecule has 1 aromatic heterocycles. The van der Waals surface area contributed by atoms with Crippen LogP contribution in [0.15, 0.2) is 42.6 Å². The highest BCUT2D eigenvalue weighted by Crippen LogP contribution is 2.19. The van der Waals surface area contributed by atoms with Crippen LogP contribution in [0.3, 0.4) is 0 Å². The van der Waals surface area contributed by atoms with Gasteiger partial charge in [0.2, 0.25) is 17.7 Å². The van der Waals surface area contributed by atoms with Gasteiger partial charge in [0.25, 0.3) is 0 Å². The van der Waals surface area contributed by atoms with Gasteiger partial charge in [0.1, 0.15) is 11.6 Å². The van der Waals surface area contributed by atoms with Crippen LogP contribution >= 0.6 is 24.8 Å². The van der Waals surface area contributed by atoms with Crippen molar-refractivity contribution >= 4 is 36.6 Å². The van der Waals surface area contributed by atoms with Crippen molar-refractivity contribution in [3.05, 3.63) is 54.0 Å². The summed E-state index contributed by atoms with van der Waals surface area (Å²) in [6, 6.07) is 8.36. The number of carbonyl (C=O) groups excluding carboxylic acids is 2. The second-order valence-corrected chi connectivity index (χ2v) is 6.33. The van der Waals surface area contributed by atoms with E-state index in [4.69, 9.17) is 10.5 Å². The van der Waals surface area contributed by atoms with E-state index in [-0.39, 0.29) is 61.5 Å². The molecule has 0 radical (unpaired) electrons. The number of rotatable bonds is 8. The molecule has 1 heterocycles. The Morgan fingerprint density at radius 3 is 2.31 bits per heavy atom. The highest BCUT2D eigenvalue weighted by molar-refractivity contribution is 5.87. The van der Waals surface area contributed by atoms with Crippen LogP contribution in [-0.2, 0) is 16.1 Å². The number of nitrogens with two attached hydrogens (primary N) is 1. The lowest BCUT2D eigenvalue weighted by molar-refractivity contribution is -0.127. The minimum atomic E-state index is -0.643. The zero-order chi connectivity index (χ0) is 19.8. The third-order valence-corrected chi connectivity index (χ3v) is 3.77. The molecular formula is C19H25Cl2FN4O3. The summed E-state index contributed by atoms with van der Waals surface area (Å²) < 4.78 is 18.4. The molecule has 7 nitrogen and oxygen atoms in total. The molecule has 160 valence electrons. The van der Waals surface area contributed by atoms with E-state index in [1.807, 2.05) is 13.8 Å². The van der Waals surface area contributed by atoms with Gasteiger partial charge in [-0.15, -0.1) is 24.8 Å². The number of carbonyl (C=O) groups is 2. The summed E-state index contributed by atoms with van der Waals surface area (Å²) in [6.07, 6.45) is 1.56. The maximum Gasteiger partial charge on any atom is 0.239 e. The van der Waals surface area contributed by atoms with Crippen LogP contribution in [0.4, 0.5) is 4.39 Å². The standard InChI is InChI=1S/C19H23FN4O3.2ClH/c1-12(2)18(21)19(26)24-11-16(25)22-9-13-3-8-17(23-10-13)27-15-6-4-14(20)5-7-15;;/h3-8,10,12,18H,9,11,21H2,1-2H3,(H,22,25)(H,24,26);2*1H/t18-;;/m0../s1. The maximum absolute atomic E-state index is 12.9. The van der Waals surface area contributed by atoms with Gasteiger partial charge in [-0.3, -0.25) is 9.59 Å². The number of hydrogen-bond acceptors (Lipinski definition) is 5. The predicted octanol–water partition coefficient (Wildman–Crippen LogP) is 2.57. The minimum Gasteiger partial charge on any atom is -0.439 e. The summed E-state index contributed by atoms with van der Waals surface area (Å²) in [5.74, 6) is -0.208. The van der Waals surface area contributed by atoms with Gasteiger partial charge in [0, 0.05) is 18.8 Å². The molecule has 2 amide bonds. The van der Waals surface area contributed by atoms with Crippen LogP contribution in [0.5, 0.6) is 11.6 Å². The lowest BCUT2D eigenvalue weighted by atomic mass is 10.1. The summed E-state index contributed by atoms with van der Waals surface area (Å²) in [6.45, 7) is 3.79. The average molecular weight is 447 g/mol. The second-order valence-electron chi connectivity index (χ2n) is 6.33. The Hall–Kier alpha value is -2.42. The highest BCUT2D eigenvalue weighted by atomic mass is 35.5. The van der Waals surface area contributed by atoms with Crippen molar-refractivity contribution in [1.82, 2.24) is 15.6 Å². The second kappa shape index (κ2) is 12.9. The largest absolute Gasteiger partial charge is 0.439 e. The topological polar surface area (TPSA) is 106 Å². The molecule has 0 saturated carbocycles. The monoisotopic (exact) mass is 446 g/mol. The zero-order valence-electron chi connectivity index (χ0n) is 16.1. The number of halogens is 3. The summed E-state index contributed by atoms with van der Waals surface area (Å²) in [4.78, 5) is 27.7. The summed E-state index contributed by atoms with van der Waals surface area (Å²) in [5.41, 5.74) is 6.47. The molecule has 4 N–H and O–H groups in total. The molecule has 0 aliphatic carbocycles. The summed E-state index contributed by atoms with van der Waals surface area (Å²) in [5, 5.41) is 5.18. The molecule has 1 atom stereocenters. The van der Waals surface area contributed by atoms with E-state index >= 15 is 0 Å². The first-order valence-electron chi connectivity index (χ1n) is 8.53. The van der Waals surface area contributed by atoms with Crippen LogP contribution in [-0.4, -0.2) is 29.4 Å². The van der Waals surface area contributed by atoms with Crippen LogP contribution in [0.1, 0.15) is 19.4 Å². The minimum absolute atomic E-state index is 0. The van der Waals surface area contributed by atoms with E-state index < -0.39 is 6.04 Å². The molecule has 0 saturated heterocycles. The Morgan fingerprint density at radius 1 is 1.10 bits per heavy atom. The Labute approximate surface area is 181 Å². The first-order chi connectivity index (χ1) is 12.8. The quantitative estimate of drug-likeness (QED) is 0.577. The Bertz CT molecular complexity index is 774. The van der Waals surface area contributed by atoms with Gasteiger partial charge in [0.05, 0.1) is 12.6 Å². The Morgan fingerprint density at radius 2 is 1.76 bits per heavy atom. The van der Waals surface area contributed by atoms with Gasteiger partial charge in [-0.2, -0.15) is 0 Å². The van der Waals surface area contributed by atoms with Crippen molar-refractivity contribution in [2.24, 2.45) is 11.7 Å². The highest BCUT2D eigenvalue weighted by Gasteiger charge is 2.17. The molecule has 0 aliphatic rings. The molecule has 0 aliphatic heterocycles.